The van der Waals surface area contributed by atoms with Crippen LogP contribution in [0.2, 0.25) is 0 Å². The fourth-order valence-corrected chi connectivity index (χ4v) is 2.92. The topological polar surface area (TPSA) is 58.4 Å². The molecule has 112 valence electrons. The third-order valence-corrected chi connectivity index (χ3v) is 4.12. The van der Waals surface area contributed by atoms with Crippen LogP contribution >= 0.6 is 0 Å². The van der Waals surface area contributed by atoms with Crippen molar-refractivity contribution in [3.63, 3.8) is 0 Å². The number of amides is 1. The van der Waals surface area contributed by atoms with Crippen molar-refractivity contribution < 1.29 is 4.79 Å². The highest BCUT2D eigenvalue weighted by Gasteiger charge is 2.31. The molecule has 1 saturated heterocycles. The summed E-state index contributed by atoms with van der Waals surface area (Å²) in [5.74, 6) is 0.191. The molecule has 0 radical (unpaired) electrons. The van der Waals surface area contributed by atoms with Gasteiger partial charge < -0.3 is 11.1 Å². The van der Waals surface area contributed by atoms with Crippen LogP contribution in [-0.4, -0.2) is 42.5 Å². The maximum atomic E-state index is 12.1. The predicted octanol–water partition coefficient (Wildman–Crippen LogP) is 1.88. The smallest absolute Gasteiger partial charge is 0.237 e. The second kappa shape index (κ2) is 9.32. The van der Waals surface area contributed by atoms with Gasteiger partial charge in [-0.1, -0.05) is 19.8 Å². The van der Waals surface area contributed by atoms with Crippen LogP contribution in [0.1, 0.15) is 58.8 Å². The number of likely N-dealkylation sites (tertiary alicyclic amines) is 1. The van der Waals surface area contributed by atoms with Crippen molar-refractivity contribution in [1.29, 1.82) is 0 Å². The monoisotopic (exact) mass is 269 g/mol. The Morgan fingerprint density at radius 3 is 2.89 bits per heavy atom. The first-order valence-electron chi connectivity index (χ1n) is 7.94. The van der Waals surface area contributed by atoms with E-state index in [9.17, 15) is 4.79 Å². The molecule has 3 N–H and O–H groups in total. The maximum absolute atomic E-state index is 12.1. The Kier molecular flexibility index (Phi) is 8.07. The van der Waals surface area contributed by atoms with Gasteiger partial charge in [0.1, 0.15) is 0 Å². The van der Waals surface area contributed by atoms with E-state index in [1.807, 2.05) is 6.92 Å². The van der Waals surface area contributed by atoms with Gasteiger partial charge in [0.25, 0.3) is 0 Å². The number of rotatable bonds is 9. The van der Waals surface area contributed by atoms with Gasteiger partial charge in [0.05, 0.1) is 6.04 Å². The molecule has 0 aliphatic carbocycles. The Hall–Kier alpha value is -0.610. The summed E-state index contributed by atoms with van der Waals surface area (Å²) < 4.78 is 0. The molecule has 0 aromatic rings. The fraction of sp³-hybridized carbons (Fsp3) is 0.933. The molecule has 4 heteroatoms. The lowest BCUT2D eigenvalue weighted by molar-refractivity contribution is -0.126. The maximum Gasteiger partial charge on any atom is 0.237 e. The highest BCUT2D eigenvalue weighted by molar-refractivity contribution is 5.81. The first-order chi connectivity index (χ1) is 9.20. The van der Waals surface area contributed by atoms with Crippen molar-refractivity contribution in [3.05, 3.63) is 0 Å². The molecule has 2 unspecified atom stereocenters. The normalized spacial score (nSPS) is 21.5. The standard InChI is InChI=1S/C15H31N3O/c1-3-4-5-11-17-15(19)13(2)18-12-7-9-14(18)8-6-10-16/h13-14H,3-12,16H2,1-2H3,(H,17,19). The van der Waals surface area contributed by atoms with E-state index in [1.54, 1.807) is 0 Å². The van der Waals surface area contributed by atoms with Crippen LogP contribution in [0.3, 0.4) is 0 Å². The van der Waals surface area contributed by atoms with Gasteiger partial charge in [-0.05, 0) is 52.1 Å². The number of unbranched alkanes of at least 4 members (excludes halogenated alkanes) is 2. The summed E-state index contributed by atoms with van der Waals surface area (Å²) in [5.41, 5.74) is 5.58. The third kappa shape index (κ3) is 5.49. The number of hydrogen-bond donors (Lipinski definition) is 2. The molecule has 1 heterocycles. The minimum absolute atomic E-state index is 0.00639. The second-order valence-electron chi connectivity index (χ2n) is 5.64. The van der Waals surface area contributed by atoms with Crippen LogP contribution in [-0.2, 0) is 4.79 Å². The largest absolute Gasteiger partial charge is 0.355 e. The van der Waals surface area contributed by atoms with E-state index < -0.39 is 0 Å². The molecule has 0 aromatic carbocycles. The van der Waals surface area contributed by atoms with Gasteiger partial charge in [-0.15, -0.1) is 0 Å². The van der Waals surface area contributed by atoms with Crippen molar-refractivity contribution in [3.8, 4) is 0 Å². The zero-order chi connectivity index (χ0) is 14.1. The molecule has 1 aliphatic rings. The molecule has 0 saturated carbocycles. The SMILES string of the molecule is CCCCCNC(=O)C(C)N1CCCC1CCCN. The van der Waals surface area contributed by atoms with Crippen molar-refractivity contribution in [2.75, 3.05) is 19.6 Å². The average molecular weight is 269 g/mol. The second-order valence-corrected chi connectivity index (χ2v) is 5.64. The molecule has 0 aromatic heterocycles. The molecule has 19 heavy (non-hydrogen) atoms. The summed E-state index contributed by atoms with van der Waals surface area (Å²) in [6.45, 7) is 6.84. The van der Waals surface area contributed by atoms with Gasteiger partial charge in [0.2, 0.25) is 5.91 Å². The number of carbonyl (C=O) groups excluding carboxylic acids is 1. The molecule has 0 spiro atoms. The summed E-state index contributed by atoms with van der Waals surface area (Å²) in [4.78, 5) is 14.5. The van der Waals surface area contributed by atoms with Crippen molar-refractivity contribution in [2.24, 2.45) is 5.73 Å². The number of nitrogens with two attached hydrogens (primary N) is 1. The minimum Gasteiger partial charge on any atom is -0.355 e. The average Bonchev–Trinajstić information content (AvgIpc) is 2.88. The highest BCUT2D eigenvalue weighted by Crippen LogP contribution is 2.23. The highest BCUT2D eigenvalue weighted by atomic mass is 16.2. The van der Waals surface area contributed by atoms with Crippen LogP contribution < -0.4 is 11.1 Å². The first kappa shape index (κ1) is 16.4. The van der Waals surface area contributed by atoms with Crippen LogP contribution in [0.25, 0.3) is 0 Å². The lowest BCUT2D eigenvalue weighted by Crippen LogP contribution is -2.47. The van der Waals surface area contributed by atoms with Crippen LogP contribution in [0, 0.1) is 0 Å². The molecular weight excluding hydrogens is 238 g/mol. The van der Waals surface area contributed by atoms with Gasteiger partial charge >= 0.3 is 0 Å². The summed E-state index contributed by atoms with van der Waals surface area (Å²) in [6, 6.07) is 0.562. The van der Waals surface area contributed by atoms with Gasteiger partial charge in [-0.3, -0.25) is 9.69 Å². The Labute approximate surface area is 118 Å². The number of nitrogens with one attached hydrogen (secondary N) is 1. The first-order valence-corrected chi connectivity index (χ1v) is 7.94. The Balaban J connectivity index is 2.33. The van der Waals surface area contributed by atoms with Crippen LogP contribution in [0.15, 0.2) is 0 Å². The van der Waals surface area contributed by atoms with Gasteiger partial charge in [-0.25, -0.2) is 0 Å². The van der Waals surface area contributed by atoms with Crippen molar-refractivity contribution >= 4 is 5.91 Å². The Morgan fingerprint density at radius 2 is 2.21 bits per heavy atom. The van der Waals surface area contributed by atoms with Crippen molar-refractivity contribution in [2.45, 2.75) is 70.9 Å². The van der Waals surface area contributed by atoms with E-state index >= 15 is 0 Å². The van der Waals surface area contributed by atoms with E-state index in [0.717, 1.165) is 38.9 Å². The van der Waals surface area contributed by atoms with E-state index in [4.69, 9.17) is 5.73 Å². The van der Waals surface area contributed by atoms with Gasteiger partial charge in [-0.2, -0.15) is 0 Å². The molecule has 1 rings (SSSR count). The summed E-state index contributed by atoms with van der Waals surface area (Å²) in [5, 5.41) is 3.07. The molecule has 1 amide bonds. The lowest BCUT2D eigenvalue weighted by atomic mass is 10.1. The van der Waals surface area contributed by atoms with E-state index in [1.165, 1.54) is 25.7 Å². The van der Waals surface area contributed by atoms with Crippen LogP contribution in [0.5, 0.6) is 0 Å². The molecule has 4 nitrogen and oxygen atoms in total. The van der Waals surface area contributed by atoms with Crippen LogP contribution in [0.4, 0.5) is 0 Å². The third-order valence-electron chi connectivity index (χ3n) is 4.12. The molecular formula is C15H31N3O. The lowest BCUT2D eigenvalue weighted by Gasteiger charge is -2.29. The van der Waals surface area contributed by atoms with E-state index in [-0.39, 0.29) is 11.9 Å². The minimum atomic E-state index is 0.00639. The predicted molar refractivity (Wildman–Crippen MR) is 80.0 cm³/mol. The zero-order valence-electron chi connectivity index (χ0n) is 12.7. The quantitative estimate of drug-likeness (QED) is 0.628. The number of carbonyl (C=O) groups is 1. The summed E-state index contributed by atoms with van der Waals surface area (Å²) in [7, 11) is 0. The number of hydrogen-bond acceptors (Lipinski definition) is 3. The Bertz CT molecular complexity index is 258. The zero-order valence-corrected chi connectivity index (χ0v) is 12.7. The molecule has 2 atom stereocenters. The molecule has 0 bridgehead atoms. The molecule has 1 aliphatic heterocycles. The fourth-order valence-electron chi connectivity index (χ4n) is 2.92. The van der Waals surface area contributed by atoms with Gasteiger partial charge in [0.15, 0.2) is 0 Å². The van der Waals surface area contributed by atoms with E-state index in [2.05, 4.69) is 17.1 Å². The summed E-state index contributed by atoms with van der Waals surface area (Å²) >= 11 is 0. The van der Waals surface area contributed by atoms with Crippen molar-refractivity contribution in [1.82, 2.24) is 10.2 Å². The summed E-state index contributed by atoms with van der Waals surface area (Å²) in [6.07, 6.45) is 8.09. The number of nitrogens with zero attached hydrogens (tertiary/aromatic N) is 1. The Morgan fingerprint density at radius 1 is 1.42 bits per heavy atom. The molecule has 1 fully saturated rings. The van der Waals surface area contributed by atoms with Gasteiger partial charge in [0, 0.05) is 12.6 Å². The van der Waals surface area contributed by atoms with E-state index in [0.29, 0.717) is 6.04 Å².